The molecule has 2 atom stereocenters. The Morgan fingerprint density at radius 2 is 1.85 bits per heavy atom. The molecule has 2 unspecified atom stereocenters. The molecule has 0 bridgehead atoms. The number of ether oxygens (including phenoxy) is 2. The lowest BCUT2D eigenvalue weighted by Crippen LogP contribution is -2.30. The Kier molecular flexibility index (Phi) is 7.36. The molecule has 1 aromatic rings. The van der Waals surface area contributed by atoms with E-state index in [1.807, 2.05) is 43.3 Å². The molecule has 20 heavy (non-hydrogen) atoms. The fourth-order valence-corrected chi connectivity index (χ4v) is 1.89. The molecule has 0 aliphatic rings. The average Bonchev–Trinajstić information content (AvgIpc) is 2.37. The Bertz CT molecular complexity index is 368. The summed E-state index contributed by atoms with van der Waals surface area (Å²) in [5, 5.41) is 13.0. The molecule has 1 rings (SSSR count). The van der Waals surface area contributed by atoms with Crippen LogP contribution in [0.3, 0.4) is 0 Å². The maximum atomic E-state index is 9.72. The summed E-state index contributed by atoms with van der Waals surface area (Å²) >= 11 is 0. The van der Waals surface area contributed by atoms with Crippen LogP contribution in [-0.4, -0.2) is 63.1 Å². The number of rotatable bonds is 9. The Balaban J connectivity index is 2.38. The van der Waals surface area contributed by atoms with E-state index in [1.165, 1.54) is 0 Å². The van der Waals surface area contributed by atoms with Gasteiger partial charge in [0.05, 0.1) is 6.61 Å². The van der Waals surface area contributed by atoms with Gasteiger partial charge in [-0.3, -0.25) is 0 Å². The van der Waals surface area contributed by atoms with Crippen molar-refractivity contribution < 1.29 is 14.6 Å². The van der Waals surface area contributed by atoms with Crippen LogP contribution in [0.25, 0.3) is 0 Å². The largest absolute Gasteiger partial charge is 0.491 e. The summed E-state index contributed by atoms with van der Waals surface area (Å²) in [4.78, 5) is 1.93. The summed E-state index contributed by atoms with van der Waals surface area (Å²) in [6.07, 6.45) is -0.482. The van der Waals surface area contributed by atoms with Crippen LogP contribution in [0, 0.1) is 0 Å². The molecule has 0 heterocycles. The van der Waals surface area contributed by atoms with Crippen LogP contribution in [0.1, 0.15) is 6.92 Å². The summed E-state index contributed by atoms with van der Waals surface area (Å²) in [6.45, 7) is 3.61. The van der Waals surface area contributed by atoms with Gasteiger partial charge in [-0.2, -0.15) is 0 Å². The van der Waals surface area contributed by atoms with Crippen LogP contribution in [0.4, 0.5) is 5.69 Å². The number of likely N-dealkylation sites (N-methyl/N-ethyl adjacent to an activating group) is 1. The van der Waals surface area contributed by atoms with Crippen LogP contribution < -0.4 is 10.1 Å². The second kappa shape index (κ2) is 8.79. The Morgan fingerprint density at radius 3 is 2.40 bits per heavy atom. The molecule has 2 N–H and O–H groups in total. The second-order valence-electron chi connectivity index (χ2n) is 5.25. The zero-order chi connectivity index (χ0) is 15.0. The number of nitrogens with one attached hydrogen (secondary N) is 1. The second-order valence-corrected chi connectivity index (χ2v) is 5.25. The molecule has 1 aromatic carbocycles. The summed E-state index contributed by atoms with van der Waals surface area (Å²) in [5.41, 5.74) is 1.02. The fraction of sp³-hybridized carbons (Fsp3) is 0.600. The van der Waals surface area contributed by atoms with Crippen LogP contribution in [-0.2, 0) is 4.74 Å². The predicted molar refractivity (Wildman–Crippen MR) is 81.5 cm³/mol. The van der Waals surface area contributed by atoms with Crippen molar-refractivity contribution >= 4 is 5.69 Å². The van der Waals surface area contributed by atoms with E-state index >= 15 is 0 Å². The molecular formula is C15H26N2O3. The molecule has 114 valence electrons. The summed E-state index contributed by atoms with van der Waals surface area (Å²) in [5.74, 6) is 0.757. The molecular weight excluding hydrogens is 256 g/mol. The monoisotopic (exact) mass is 282 g/mol. The van der Waals surface area contributed by atoms with E-state index in [4.69, 9.17) is 9.47 Å². The van der Waals surface area contributed by atoms with Crippen molar-refractivity contribution in [1.29, 1.82) is 0 Å². The van der Waals surface area contributed by atoms with Gasteiger partial charge in [0.25, 0.3) is 0 Å². The van der Waals surface area contributed by atoms with Gasteiger partial charge in [0.15, 0.2) is 0 Å². The van der Waals surface area contributed by atoms with Gasteiger partial charge in [0, 0.05) is 25.4 Å². The summed E-state index contributed by atoms with van der Waals surface area (Å²) in [7, 11) is 5.53. The molecule has 0 saturated carbocycles. The lowest BCUT2D eigenvalue weighted by Gasteiger charge is -2.17. The molecule has 0 aliphatic carbocycles. The molecule has 0 spiro atoms. The highest BCUT2D eigenvalue weighted by atomic mass is 16.5. The van der Waals surface area contributed by atoms with Crippen molar-refractivity contribution in [3.8, 4) is 5.75 Å². The van der Waals surface area contributed by atoms with E-state index in [1.54, 1.807) is 7.11 Å². The summed E-state index contributed by atoms with van der Waals surface area (Å²) in [6, 6.07) is 7.96. The first kappa shape index (κ1) is 16.8. The lowest BCUT2D eigenvalue weighted by atomic mass is 10.2. The Labute approximate surface area is 121 Å². The zero-order valence-corrected chi connectivity index (χ0v) is 12.8. The normalized spacial score (nSPS) is 14.1. The molecule has 5 nitrogen and oxygen atoms in total. The minimum Gasteiger partial charge on any atom is -0.491 e. The predicted octanol–water partition coefficient (Wildman–Crippen LogP) is 1.43. The highest BCUT2D eigenvalue weighted by Crippen LogP contribution is 2.16. The first-order valence-corrected chi connectivity index (χ1v) is 6.82. The van der Waals surface area contributed by atoms with Gasteiger partial charge in [-0.15, -0.1) is 0 Å². The van der Waals surface area contributed by atoms with Crippen molar-refractivity contribution in [2.75, 3.05) is 46.3 Å². The van der Waals surface area contributed by atoms with E-state index < -0.39 is 6.10 Å². The van der Waals surface area contributed by atoms with Crippen molar-refractivity contribution in [3.63, 3.8) is 0 Å². The summed E-state index contributed by atoms with van der Waals surface area (Å²) < 4.78 is 10.6. The maximum Gasteiger partial charge on any atom is 0.119 e. The van der Waals surface area contributed by atoms with Crippen LogP contribution in [0.2, 0.25) is 0 Å². The maximum absolute atomic E-state index is 9.72. The number of hydrogen-bond acceptors (Lipinski definition) is 5. The van der Waals surface area contributed by atoms with Gasteiger partial charge in [0.2, 0.25) is 0 Å². The minimum atomic E-state index is -0.482. The van der Waals surface area contributed by atoms with Crippen LogP contribution in [0.15, 0.2) is 24.3 Å². The SMILES string of the molecule is COCC(C)Nc1ccc(OCC(O)CN(C)C)cc1. The van der Waals surface area contributed by atoms with Crippen molar-refractivity contribution in [2.24, 2.45) is 0 Å². The number of hydrogen-bond donors (Lipinski definition) is 2. The smallest absolute Gasteiger partial charge is 0.119 e. The Hall–Kier alpha value is -1.30. The molecule has 0 amide bonds. The third-order valence-electron chi connectivity index (χ3n) is 2.70. The van der Waals surface area contributed by atoms with Gasteiger partial charge < -0.3 is 24.8 Å². The van der Waals surface area contributed by atoms with E-state index in [2.05, 4.69) is 12.2 Å². The number of benzene rings is 1. The molecule has 0 aromatic heterocycles. The van der Waals surface area contributed by atoms with E-state index in [-0.39, 0.29) is 6.04 Å². The van der Waals surface area contributed by atoms with Crippen LogP contribution >= 0.6 is 0 Å². The first-order chi connectivity index (χ1) is 9.51. The van der Waals surface area contributed by atoms with E-state index in [0.29, 0.717) is 19.8 Å². The van der Waals surface area contributed by atoms with Crippen molar-refractivity contribution in [2.45, 2.75) is 19.1 Å². The highest BCUT2D eigenvalue weighted by Gasteiger charge is 2.07. The van der Waals surface area contributed by atoms with E-state index in [0.717, 1.165) is 11.4 Å². The highest BCUT2D eigenvalue weighted by molar-refractivity contribution is 5.46. The molecule has 0 saturated heterocycles. The van der Waals surface area contributed by atoms with Crippen molar-refractivity contribution in [1.82, 2.24) is 4.90 Å². The first-order valence-electron chi connectivity index (χ1n) is 6.82. The molecule has 0 radical (unpaired) electrons. The van der Waals surface area contributed by atoms with E-state index in [9.17, 15) is 5.11 Å². The van der Waals surface area contributed by atoms with Gasteiger partial charge in [0.1, 0.15) is 18.5 Å². The topological polar surface area (TPSA) is 54.0 Å². The average molecular weight is 282 g/mol. The van der Waals surface area contributed by atoms with Crippen molar-refractivity contribution in [3.05, 3.63) is 24.3 Å². The standard InChI is InChI=1S/C15H26N2O3/c1-12(10-19-4)16-13-5-7-15(8-6-13)20-11-14(18)9-17(2)3/h5-8,12,14,16,18H,9-11H2,1-4H3. The van der Waals surface area contributed by atoms with Gasteiger partial charge in [-0.1, -0.05) is 0 Å². The number of methoxy groups -OCH3 is 1. The minimum absolute atomic E-state index is 0.258. The van der Waals surface area contributed by atoms with Gasteiger partial charge in [-0.05, 0) is 45.3 Å². The number of nitrogens with zero attached hydrogens (tertiary/aromatic N) is 1. The number of aliphatic hydroxyl groups excluding tert-OH is 1. The molecule has 0 fully saturated rings. The number of anilines is 1. The molecule has 0 aliphatic heterocycles. The van der Waals surface area contributed by atoms with Crippen LogP contribution in [0.5, 0.6) is 5.75 Å². The zero-order valence-electron chi connectivity index (χ0n) is 12.8. The number of aliphatic hydroxyl groups is 1. The molecule has 5 heteroatoms. The van der Waals surface area contributed by atoms with Gasteiger partial charge >= 0.3 is 0 Å². The Morgan fingerprint density at radius 1 is 1.20 bits per heavy atom. The third kappa shape index (κ3) is 6.75. The lowest BCUT2D eigenvalue weighted by molar-refractivity contribution is 0.0831. The van der Waals surface area contributed by atoms with Gasteiger partial charge in [-0.25, -0.2) is 0 Å². The third-order valence-corrected chi connectivity index (χ3v) is 2.70. The quantitative estimate of drug-likeness (QED) is 0.718. The fourth-order valence-electron chi connectivity index (χ4n) is 1.89.